The first-order valence-corrected chi connectivity index (χ1v) is 6.06. The molecular formula is C13H23NO3. The van der Waals surface area contributed by atoms with Crippen LogP contribution in [0.1, 0.15) is 48.0 Å². The van der Waals surface area contributed by atoms with Gasteiger partial charge in [0, 0.05) is 12.0 Å². The van der Waals surface area contributed by atoms with Crippen LogP contribution in [0.4, 0.5) is 4.79 Å². The van der Waals surface area contributed by atoms with Gasteiger partial charge in [0.25, 0.3) is 0 Å². The number of rotatable bonds is 1. The molecule has 4 nitrogen and oxygen atoms in total. The van der Waals surface area contributed by atoms with Crippen molar-refractivity contribution in [3.05, 3.63) is 0 Å². The van der Waals surface area contributed by atoms with Gasteiger partial charge in [-0.25, -0.2) is 4.79 Å². The Labute approximate surface area is 103 Å². The molecule has 4 heteroatoms. The Bertz CT molecular complexity index is 323. The van der Waals surface area contributed by atoms with Crippen molar-refractivity contribution in [2.75, 3.05) is 6.54 Å². The van der Waals surface area contributed by atoms with Gasteiger partial charge in [-0.1, -0.05) is 20.8 Å². The zero-order chi connectivity index (χ0) is 13.4. The van der Waals surface area contributed by atoms with Crippen LogP contribution in [0.5, 0.6) is 0 Å². The largest absolute Gasteiger partial charge is 0.444 e. The molecule has 1 unspecified atom stereocenters. The maximum atomic E-state index is 12.1. The normalized spacial score (nSPS) is 20.8. The number of ether oxygens (including phenoxy) is 1. The molecule has 0 spiro atoms. The third-order valence-electron chi connectivity index (χ3n) is 2.69. The summed E-state index contributed by atoms with van der Waals surface area (Å²) in [6, 6.07) is -0.301. The Hall–Kier alpha value is -1.06. The highest BCUT2D eigenvalue weighted by atomic mass is 16.6. The molecule has 1 saturated heterocycles. The van der Waals surface area contributed by atoms with E-state index in [0.717, 1.165) is 6.42 Å². The van der Waals surface area contributed by atoms with E-state index in [0.29, 0.717) is 6.54 Å². The molecule has 0 saturated carbocycles. The fourth-order valence-electron chi connectivity index (χ4n) is 1.70. The van der Waals surface area contributed by atoms with Gasteiger partial charge in [0.1, 0.15) is 5.60 Å². The van der Waals surface area contributed by atoms with E-state index in [9.17, 15) is 9.59 Å². The third-order valence-corrected chi connectivity index (χ3v) is 2.69. The summed E-state index contributed by atoms with van der Waals surface area (Å²) in [5.74, 6) is 0.106. The van der Waals surface area contributed by atoms with E-state index in [4.69, 9.17) is 4.74 Å². The highest BCUT2D eigenvalue weighted by Gasteiger charge is 2.43. The molecule has 0 N–H and O–H groups in total. The molecule has 1 atom stereocenters. The van der Waals surface area contributed by atoms with Gasteiger partial charge in [0.05, 0.1) is 6.04 Å². The average Bonchev–Trinajstić information content (AvgIpc) is 1.95. The van der Waals surface area contributed by atoms with E-state index in [-0.39, 0.29) is 17.9 Å². The van der Waals surface area contributed by atoms with Gasteiger partial charge in [-0.2, -0.15) is 0 Å². The van der Waals surface area contributed by atoms with Gasteiger partial charge < -0.3 is 4.74 Å². The van der Waals surface area contributed by atoms with Crippen molar-refractivity contribution in [2.45, 2.75) is 59.6 Å². The van der Waals surface area contributed by atoms with Crippen LogP contribution < -0.4 is 0 Å². The van der Waals surface area contributed by atoms with Gasteiger partial charge >= 0.3 is 6.09 Å². The van der Waals surface area contributed by atoms with Crippen LogP contribution in [0.2, 0.25) is 0 Å². The fourth-order valence-corrected chi connectivity index (χ4v) is 1.70. The number of ketones is 1. The van der Waals surface area contributed by atoms with Crippen molar-refractivity contribution in [1.29, 1.82) is 0 Å². The number of carbonyl (C=O) groups excluding carboxylic acids is 2. The standard InChI is InChI=1S/C13H23NO3/c1-12(2,3)10(15)9-7-8-14(9)11(16)17-13(4,5)6/h9H,7-8H2,1-6H3. The summed E-state index contributed by atoms with van der Waals surface area (Å²) in [5, 5.41) is 0. The second-order valence-corrected chi connectivity index (χ2v) is 6.59. The van der Waals surface area contributed by atoms with Crippen molar-refractivity contribution in [3.8, 4) is 0 Å². The molecule has 0 radical (unpaired) electrons. The summed E-state index contributed by atoms with van der Waals surface area (Å²) in [7, 11) is 0. The minimum absolute atomic E-state index is 0.106. The Kier molecular flexibility index (Phi) is 3.55. The number of amides is 1. The predicted molar refractivity (Wildman–Crippen MR) is 65.8 cm³/mol. The van der Waals surface area contributed by atoms with E-state index >= 15 is 0 Å². The van der Waals surface area contributed by atoms with Crippen LogP contribution in [0, 0.1) is 5.41 Å². The lowest BCUT2D eigenvalue weighted by Crippen LogP contribution is -2.58. The highest BCUT2D eigenvalue weighted by molar-refractivity contribution is 5.92. The van der Waals surface area contributed by atoms with Gasteiger partial charge in [-0.15, -0.1) is 0 Å². The molecule has 1 heterocycles. The van der Waals surface area contributed by atoms with Crippen molar-refractivity contribution in [2.24, 2.45) is 5.41 Å². The Morgan fingerprint density at radius 2 is 1.65 bits per heavy atom. The molecule has 1 amide bonds. The van der Waals surface area contributed by atoms with Crippen molar-refractivity contribution in [3.63, 3.8) is 0 Å². The van der Waals surface area contributed by atoms with Crippen LogP contribution in [-0.4, -0.2) is 35.0 Å². The first-order valence-electron chi connectivity index (χ1n) is 6.06. The zero-order valence-corrected chi connectivity index (χ0v) is 11.7. The van der Waals surface area contributed by atoms with Crippen molar-refractivity contribution >= 4 is 11.9 Å². The van der Waals surface area contributed by atoms with Gasteiger partial charge in [0.15, 0.2) is 5.78 Å². The van der Waals surface area contributed by atoms with Crippen LogP contribution in [-0.2, 0) is 9.53 Å². The van der Waals surface area contributed by atoms with E-state index in [1.54, 1.807) is 0 Å². The molecule has 1 fully saturated rings. The first kappa shape index (κ1) is 14.0. The third kappa shape index (κ3) is 3.45. The first-order chi connectivity index (χ1) is 7.52. The monoisotopic (exact) mass is 241 g/mol. The Balaban J connectivity index is 2.64. The quantitative estimate of drug-likeness (QED) is 0.709. The average molecular weight is 241 g/mol. The van der Waals surface area contributed by atoms with Crippen LogP contribution in [0.3, 0.4) is 0 Å². The van der Waals surface area contributed by atoms with E-state index in [1.807, 2.05) is 41.5 Å². The highest BCUT2D eigenvalue weighted by Crippen LogP contribution is 2.28. The molecule has 98 valence electrons. The minimum Gasteiger partial charge on any atom is -0.444 e. The van der Waals surface area contributed by atoms with E-state index < -0.39 is 11.0 Å². The lowest BCUT2D eigenvalue weighted by molar-refractivity contribution is -0.136. The minimum atomic E-state index is -0.512. The number of hydrogen-bond acceptors (Lipinski definition) is 3. The van der Waals surface area contributed by atoms with Crippen LogP contribution in [0.15, 0.2) is 0 Å². The summed E-state index contributed by atoms with van der Waals surface area (Å²) in [5.41, 5.74) is -0.923. The number of Topliss-reactive ketones (excluding diaryl/α,β-unsaturated/α-hetero) is 1. The van der Waals surface area contributed by atoms with Crippen LogP contribution in [0.25, 0.3) is 0 Å². The lowest BCUT2D eigenvalue weighted by atomic mass is 9.82. The lowest BCUT2D eigenvalue weighted by Gasteiger charge is -2.42. The number of carbonyl (C=O) groups is 2. The SMILES string of the molecule is CC(C)(C)OC(=O)N1CCC1C(=O)C(C)(C)C. The molecule has 0 aromatic rings. The molecular weight excluding hydrogens is 218 g/mol. The predicted octanol–water partition coefficient (Wildman–Crippen LogP) is 2.61. The van der Waals surface area contributed by atoms with Crippen molar-refractivity contribution in [1.82, 2.24) is 4.90 Å². The van der Waals surface area contributed by atoms with Gasteiger partial charge in [-0.05, 0) is 27.2 Å². The number of hydrogen-bond donors (Lipinski definition) is 0. The molecule has 1 aliphatic rings. The second kappa shape index (κ2) is 4.31. The molecule has 0 aromatic carbocycles. The van der Waals surface area contributed by atoms with E-state index in [1.165, 1.54) is 4.90 Å². The summed E-state index contributed by atoms with van der Waals surface area (Å²) < 4.78 is 5.27. The molecule has 1 rings (SSSR count). The topological polar surface area (TPSA) is 46.6 Å². The molecule has 0 aromatic heterocycles. The molecule has 17 heavy (non-hydrogen) atoms. The number of likely N-dealkylation sites (tertiary alicyclic amines) is 1. The molecule has 1 aliphatic heterocycles. The Morgan fingerprint density at radius 1 is 1.12 bits per heavy atom. The van der Waals surface area contributed by atoms with Crippen LogP contribution >= 0.6 is 0 Å². The Morgan fingerprint density at radius 3 is 1.94 bits per heavy atom. The maximum absolute atomic E-state index is 12.1. The summed E-state index contributed by atoms with van der Waals surface area (Å²) >= 11 is 0. The molecule has 0 aliphatic carbocycles. The second-order valence-electron chi connectivity index (χ2n) is 6.59. The summed E-state index contributed by atoms with van der Waals surface area (Å²) in [6.07, 6.45) is 0.362. The van der Waals surface area contributed by atoms with Gasteiger partial charge in [-0.3, -0.25) is 9.69 Å². The summed E-state index contributed by atoms with van der Waals surface area (Å²) in [4.78, 5) is 25.4. The van der Waals surface area contributed by atoms with Gasteiger partial charge in [0.2, 0.25) is 0 Å². The number of nitrogens with zero attached hydrogens (tertiary/aromatic N) is 1. The van der Waals surface area contributed by atoms with E-state index in [2.05, 4.69) is 0 Å². The maximum Gasteiger partial charge on any atom is 0.410 e. The summed E-state index contributed by atoms with van der Waals surface area (Å²) in [6.45, 7) is 11.7. The smallest absolute Gasteiger partial charge is 0.410 e. The molecule has 0 bridgehead atoms. The fraction of sp³-hybridized carbons (Fsp3) is 0.846. The van der Waals surface area contributed by atoms with Crippen molar-refractivity contribution < 1.29 is 14.3 Å². The zero-order valence-electron chi connectivity index (χ0n) is 11.7.